The summed E-state index contributed by atoms with van der Waals surface area (Å²) >= 11 is 5.98. The Labute approximate surface area is 184 Å². The summed E-state index contributed by atoms with van der Waals surface area (Å²) < 4.78 is 5.81. The molecule has 2 aromatic rings. The molecule has 0 aromatic heterocycles. The molecule has 0 spiro atoms. The topological polar surface area (TPSA) is 58.6 Å². The first-order valence-electron chi connectivity index (χ1n) is 10.3. The lowest BCUT2D eigenvalue weighted by molar-refractivity contribution is -0.142. The van der Waals surface area contributed by atoms with E-state index in [0.717, 1.165) is 23.1 Å². The fourth-order valence-electron chi connectivity index (χ4n) is 2.94. The van der Waals surface area contributed by atoms with E-state index in [2.05, 4.69) is 5.32 Å². The van der Waals surface area contributed by atoms with Crippen LogP contribution in [0.5, 0.6) is 5.75 Å². The van der Waals surface area contributed by atoms with Crippen molar-refractivity contribution in [2.75, 3.05) is 6.61 Å². The van der Waals surface area contributed by atoms with Crippen LogP contribution in [0.3, 0.4) is 0 Å². The number of nitrogens with one attached hydrogen (secondary N) is 1. The van der Waals surface area contributed by atoms with E-state index in [-0.39, 0.29) is 24.5 Å². The molecule has 0 unspecified atom stereocenters. The van der Waals surface area contributed by atoms with Crippen molar-refractivity contribution >= 4 is 23.4 Å². The molecule has 1 N–H and O–H groups in total. The molecule has 2 amide bonds. The summed E-state index contributed by atoms with van der Waals surface area (Å²) in [4.78, 5) is 27.3. The van der Waals surface area contributed by atoms with Gasteiger partial charge in [-0.2, -0.15) is 0 Å². The zero-order chi connectivity index (χ0) is 22.3. The highest BCUT2D eigenvalue weighted by Gasteiger charge is 2.27. The summed E-state index contributed by atoms with van der Waals surface area (Å²) in [6.45, 7) is 9.80. The van der Waals surface area contributed by atoms with Crippen LogP contribution in [0.2, 0.25) is 5.02 Å². The summed E-state index contributed by atoms with van der Waals surface area (Å²) in [5.41, 5.74) is 2.99. The number of ether oxygens (including phenoxy) is 1. The van der Waals surface area contributed by atoms with Gasteiger partial charge in [-0.3, -0.25) is 9.59 Å². The average molecular weight is 431 g/mol. The maximum Gasteiger partial charge on any atom is 0.261 e. The minimum Gasteiger partial charge on any atom is -0.483 e. The van der Waals surface area contributed by atoms with E-state index in [4.69, 9.17) is 16.3 Å². The average Bonchev–Trinajstić information content (AvgIpc) is 2.73. The van der Waals surface area contributed by atoms with Gasteiger partial charge in [0.05, 0.1) is 0 Å². The number of amides is 2. The normalized spacial score (nSPS) is 12.7. The Bertz CT molecular complexity index is 867. The molecule has 162 valence electrons. The molecule has 30 heavy (non-hydrogen) atoms. The van der Waals surface area contributed by atoms with E-state index < -0.39 is 6.04 Å². The van der Waals surface area contributed by atoms with Crippen LogP contribution in [0.15, 0.2) is 42.5 Å². The van der Waals surface area contributed by atoms with Gasteiger partial charge in [-0.05, 0) is 69.0 Å². The number of rotatable bonds is 9. The molecule has 0 radical (unpaired) electrons. The third-order valence-electron chi connectivity index (χ3n) is 5.34. The molecule has 5 nitrogen and oxygen atoms in total. The van der Waals surface area contributed by atoms with Crippen LogP contribution in [-0.2, 0) is 16.1 Å². The molecular weight excluding hydrogens is 400 g/mol. The predicted molar refractivity (Wildman–Crippen MR) is 121 cm³/mol. The summed E-state index contributed by atoms with van der Waals surface area (Å²) in [7, 11) is 0. The minimum absolute atomic E-state index is 0.0404. The molecule has 0 heterocycles. The molecule has 0 fully saturated rings. The van der Waals surface area contributed by atoms with Gasteiger partial charge in [0.25, 0.3) is 5.91 Å². The Morgan fingerprint density at radius 3 is 2.40 bits per heavy atom. The molecule has 2 atom stereocenters. The molecule has 0 aliphatic carbocycles. The van der Waals surface area contributed by atoms with Crippen LogP contribution in [0, 0.1) is 13.8 Å². The highest BCUT2D eigenvalue weighted by Crippen LogP contribution is 2.21. The van der Waals surface area contributed by atoms with Crippen molar-refractivity contribution in [1.29, 1.82) is 0 Å². The SMILES string of the molecule is CC[C@@H](C)NC(=O)[C@@H](C)N(Cc1ccc(Cl)cc1)C(=O)COc1cccc(C)c1C. The number of aryl methyl sites for hydroxylation is 1. The van der Waals surface area contributed by atoms with Gasteiger partial charge in [0.15, 0.2) is 6.61 Å². The van der Waals surface area contributed by atoms with E-state index >= 15 is 0 Å². The molecule has 0 aliphatic rings. The lowest BCUT2D eigenvalue weighted by atomic mass is 10.1. The van der Waals surface area contributed by atoms with Crippen LogP contribution in [0.4, 0.5) is 0 Å². The van der Waals surface area contributed by atoms with Crippen molar-refractivity contribution in [2.45, 2.75) is 59.7 Å². The zero-order valence-electron chi connectivity index (χ0n) is 18.4. The highest BCUT2D eigenvalue weighted by atomic mass is 35.5. The smallest absolute Gasteiger partial charge is 0.261 e. The Morgan fingerprint density at radius 2 is 1.77 bits per heavy atom. The zero-order valence-corrected chi connectivity index (χ0v) is 19.1. The van der Waals surface area contributed by atoms with Crippen LogP contribution < -0.4 is 10.1 Å². The van der Waals surface area contributed by atoms with Gasteiger partial charge < -0.3 is 15.0 Å². The van der Waals surface area contributed by atoms with Crippen molar-refractivity contribution in [1.82, 2.24) is 10.2 Å². The van der Waals surface area contributed by atoms with Crippen molar-refractivity contribution in [2.24, 2.45) is 0 Å². The summed E-state index contributed by atoms with van der Waals surface area (Å²) in [5, 5.41) is 3.58. The first-order chi connectivity index (χ1) is 14.2. The Hall–Kier alpha value is -2.53. The fourth-order valence-corrected chi connectivity index (χ4v) is 3.06. The van der Waals surface area contributed by atoms with E-state index in [1.807, 2.05) is 58.0 Å². The Kier molecular flexibility index (Phi) is 8.72. The molecule has 2 rings (SSSR count). The van der Waals surface area contributed by atoms with E-state index in [1.54, 1.807) is 24.0 Å². The number of halogens is 1. The second kappa shape index (κ2) is 11.0. The van der Waals surface area contributed by atoms with Gasteiger partial charge in [-0.1, -0.05) is 42.8 Å². The highest BCUT2D eigenvalue weighted by molar-refractivity contribution is 6.30. The van der Waals surface area contributed by atoms with E-state index in [1.165, 1.54) is 0 Å². The standard InChI is InChI=1S/C24H31ClN2O3/c1-6-17(3)26-24(29)19(5)27(14-20-10-12-21(25)13-11-20)23(28)15-30-22-9-7-8-16(2)18(22)4/h7-13,17,19H,6,14-15H2,1-5H3,(H,26,29)/t17-,19-/m1/s1. The molecule has 0 saturated heterocycles. The fraction of sp³-hybridized carbons (Fsp3) is 0.417. The first kappa shape index (κ1) is 23.7. The van der Waals surface area contributed by atoms with Gasteiger partial charge in [0.2, 0.25) is 5.91 Å². The number of hydrogen-bond donors (Lipinski definition) is 1. The third-order valence-corrected chi connectivity index (χ3v) is 5.59. The molecule has 2 aromatic carbocycles. The summed E-state index contributed by atoms with van der Waals surface area (Å²) in [5.74, 6) is 0.238. The van der Waals surface area contributed by atoms with Gasteiger partial charge >= 0.3 is 0 Å². The van der Waals surface area contributed by atoms with Gasteiger partial charge in [0.1, 0.15) is 11.8 Å². The third kappa shape index (κ3) is 6.49. The van der Waals surface area contributed by atoms with Crippen LogP contribution in [-0.4, -0.2) is 35.4 Å². The van der Waals surface area contributed by atoms with Crippen LogP contribution in [0.1, 0.15) is 43.9 Å². The molecule has 6 heteroatoms. The van der Waals surface area contributed by atoms with Crippen molar-refractivity contribution in [3.05, 3.63) is 64.2 Å². The van der Waals surface area contributed by atoms with E-state index in [0.29, 0.717) is 17.3 Å². The number of benzene rings is 2. The van der Waals surface area contributed by atoms with Crippen LogP contribution >= 0.6 is 11.6 Å². The quantitative estimate of drug-likeness (QED) is 0.629. The summed E-state index contributed by atoms with van der Waals surface area (Å²) in [6, 6.07) is 12.4. The lowest BCUT2D eigenvalue weighted by Crippen LogP contribution is -2.50. The first-order valence-corrected chi connectivity index (χ1v) is 10.6. The van der Waals surface area contributed by atoms with Crippen molar-refractivity contribution in [3.8, 4) is 5.75 Å². The Balaban J connectivity index is 2.17. The largest absolute Gasteiger partial charge is 0.483 e. The number of hydrogen-bond acceptors (Lipinski definition) is 3. The minimum atomic E-state index is -0.635. The lowest BCUT2D eigenvalue weighted by Gasteiger charge is -2.29. The van der Waals surface area contributed by atoms with Crippen molar-refractivity contribution < 1.29 is 14.3 Å². The van der Waals surface area contributed by atoms with Gasteiger partial charge in [-0.25, -0.2) is 0 Å². The molecule has 0 bridgehead atoms. The number of carbonyl (C=O) groups excluding carboxylic acids is 2. The predicted octanol–water partition coefficient (Wildman–Crippen LogP) is 4.67. The van der Waals surface area contributed by atoms with Gasteiger partial charge in [-0.15, -0.1) is 0 Å². The maximum absolute atomic E-state index is 13.1. The molecule has 0 aliphatic heterocycles. The second-order valence-corrected chi connectivity index (χ2v) is 8.07. The van der Waals surface area contributed by atoms with E-state index in [9.17, 15) is 9.59 Å². The second-order valence-electron chi connectivity index (χ2n) is 7.63. The van der Waals surface area contributed by atoms with Crippen LogP contribution in [0.25, 0.3) is 0 Å². The van der Waals surface area contributed by atoms with Gasteiger partial charge in [0, 0.05) is 17.6 Å². The monoisotopic (exact) mass is 430 g/mol. The Morgan fingerprint density at radius 1 is 1.10 bits per heavy atom. The molecule has 0 saturated carbocycles. The van der Waals surface area contributed by atoms with Crippen molar-refractivity contribution in [3.63, 3.8) is 0 Å². The molecular formula is C24H31ClN2O3. The number of nitrogens with zero attached hydrogens (tertiary/aromatic N) is 1. The maximum atomic E-state index is 13.1. The summed E-state index contributed by atoms with van der Waals surface area (Å²) in [6.07, 6.45) is 0.819. The number of carbonyl (C=O) groups is 2.